The monoisotopic (exact) mass is 336 g/mol. The van der Waals surface area contributed by atoms with E-state index >= 15 is 0 Å². The third-order valence-electron chi connectivity index (χ3n) is 4.70. The van der Waals surface area contributed by atoms with Crippen LogP contribution < -0.4 is 5.32 Å². The van der Waals surface area contributed by atoms with E-state index in [1.54, 1.807) is 0 Å². The maximum atomic E-state index is 3.54. The van der Waals surface area contributed by atoms with Crippen LogP contribution in [0.15, 0.2) is 54.6 Å². The van der Waals surface area contributed by atoms with Gasteiger partial charge in [0.2, 0.25) is 0 Å². The van der Waals surface area contributed by atoms with Crippen LogP contribution in [0.4, 0.5) is 0 Å². The highest BCUT2D eigenvalue weighted by Crippen LogP contribution is 2.39. The van der Waals surface area contributed by atoms with Crippen LogP contribution in [-0.2, 0) is 0 Å². The number of nitrogens with zero attached hydrogens (tertiary/aromatic N) is 1. The van der Waals surface area contributed by atoms with Crippen molar-refractivity contribution in [2.75, 3.05) is 26.2 Å². The smallest absolute Gasteiger partial charge is 0.0476 e. The molecular formula is C18H22Cl2N2. The average Bonchev–Trinajstić information content (AvgIpc) is 2.55. The molecule has 2 aromatic rings. The van der Waals surface area contributed by atoms with Crippen molar-refractivity contribution in [1.82, 2.24) is 10.2 Å². The number of piperazine rings is 1. The highest BCUT2D eigenvalue weighted by molar-refractivity contribution is 5.85. The van der Waals surface area contributed by atoms with Crippen molar-refractivity contribution in [3.63, 3.8) is 0 Å². The molecule has 2 atom stereocenters. The molecule has 0 aliphatic carbocycles. The van der Waals surface area contributed by atoms with Crippen molar-refractivity contribution >= 4 is 24.8 Å². The van der Waals surface area contributed by atoms with E-state index in [0.29, 0.717) is 12.0 Å². The van der Waals surface area contributed by atoms with Gasteiger partial charge in [-0.05, 0) is 16.7 Å². The molecule has 0 aromatic heterocycles. The van der Waals surface area contributed by atoms with Crippen LogP contribution >= 0.6 is 24.8 Å². The molecule has 1 N–H and O–H groups in total. The summed E-state index contributed by atoms with van der Waals surface area (Å²) in [4.78, 5) is 2.65. The van der Waals surface area contributed by atoms with Crippen LogP contribution in [0.2, 0.25) is 0 Å². The van der Waals surface area contributed by atoms with E-state index < -0.39 is 0 Å². The van der Waals surface area contributed by atoms with E-state index in [1.807, 2.05) is 0 Å². The molecule has 2 nitrogen and oxygen atoms in total. The predicted octanol–water partition coefficient (Wildman–Crippen LogP) is 3.62. The molecule has 0 radical (unpaired) electrons. The Hall–Kier alpha value is -1.06. The first kappa shape index (κ1) is 17.3. The average molecular weight is 337 g/mol. The third-order valence-corrected chi connectivity index (χ3v) is 4.70. The minimum atomic E-state index is 0. The van der Waals surface area contributed by atoms with Crippen molar-refractivity contribution in [3.8, 4) is 0 Å². The van der Waals surface area contributed by atoms with Gasteiger partial charge in [-0.15, -0.1) is 24.8 Å². The van der Waals surface area contributed by atoms with Gasteiger partial charge in [-0.3, -0.25) is 4.90 Å². The molecule has 0 bridgehead atoms. The number of rotatable bonds is 1. The zero-order valence-corrected chi connectivity index (χ0v) is 14.1. The SMILES string of the molecule is Cl.Cl.c1ccc(C2CN3CCNCC3c3ccccc32)cc1. The predicted molar refractivity (Wildman–Crippen MR) is 96.4 cm³/mol. The van der Waals surface area contributed by atoms with Crippen LogP contribution in [0.1, 0.15) is 28.7 Å². The Labute approximate surface area is 144 Å². The van der Waals surface area contributed by atoms with Gasteiger partial charge in [-0.1, -0.05) is 54.6 Å². The molecular weight excluding hydrogens is 315 g/mol. The molecule has 0 saturated carbocycles. The van der Waals surface area contributed by atoms with Gasteiger partial charge in [0.25, 0.3) is 0 Å². The van der Waals surface area contributed by atoms with Gasteiger partial charge in [-0.25, -0.2) is 0 Å². The van der Waals surface area contributed by atoms with E-state index in [0.717, 1.165) is 26.2 Å². The van der Waals surface area contributed by atoms with Crippen molar-refractivity contribution in [2.45, 2.75) is 12.0 Å². The van der Waals surface area contributed by atoms with Crippen molar-refractivity contribution in [2.24, 2.45) is 0 Å². The molecule has 2 aliphatic heterocycles. The van der Waals surface area contributed by atoms with Crippen LogP contribution in [0.5, 0.6) is 0 Å². The molecule has 2 unspecified atom stereocenters. The Morgan fingerprint density at radius 1 is 0.864 bits per heavy atom. The van der Waals surface area contributed by atoms with Crippen LogP contribution in [0.25, 0.3) is 0 Å². The first-order chi connectivity index (χ1) is 9.93. The fraction of sp³-hybridized carbons (Fsp3) is 0.333. The van der Waals surface area contributed by atoms with Gasteiger partial charge in [0.1, 0.15) is 0 Å². The number of halogens is 2. The summed E-state index contributed by atoms with van der Waals surface area (Å²) in [5.41, 5.74) is 4.47. The summed E-state index contributed by atoms with van der Waals surface area (Å²) >= 11 is 0. The zero-order valence-electron chi connectivity index (χ0n) is 12.4. The molecule has 4 rings (SSSR count). The topological polar surface area (TPSA) is 15.3 Å². The first-order valence-corrected chi connectivity index (χ1v) is 7.52. The lowest BCUT2D eigenvalue weighted by Crippen LogP contribution is -2.50. The van der Waals surface area contributed by atoms with Gasteiger partial charge in [0, 0.05) is 38.1 Å². The number of fused-ring (bicyclic) bond motifs is 3. The second-order valence-electron chi connectivity index (χ2n) is 5.81. The summed E-state index contributed by atoms with van der Waals surface area (Å²) in [5, 5.41) is 3.54. The quantitative estimate of drug-likeness (QED) is 0.855. The number of hydrogen-bond donors (Lipinski definition) is 1. The maximum Gasteiger partial charge on any atom is 0.0476 e. The molecule has 2 heterocycles. The fourth-order valence-electron chi connectivity index (χ4n) is 3.71. The highest BCUT2D eigenvalue weighted by Gasteiger charge is 2.34. The summed E-state index contributed by atoms with van der Waals surface area (Å²) in [7, 11) is 0. The van der Waals surface area contributed by atoms with Gasteiger partial charge < -0.3 is 5.32 Å². The molecule has 0 spiro atoms. The van der Waals surface area contributed by atoms with E-state index in [9.17, 15) is 0 Å². The summed E-state index contributed by atoms with van der Waals surface area (Å²) in [5.74, 6) is 0.516. The number of hydrogen-bond acceptors (Lipinski definition) is 2. The molecule has 22 heavy (non-hydrogen) atoms. The zero-order chi connectivity index (χ0) is 13.4. The molecule has 4 heteroatoms. The van der Waals surface area contributed by atoms with Crippen molar-refractivity contribution in [1.29, 1.82) is 0 Å². The first-order valence-electron chi connectivity index (χ1n) is 7.52. The van der Waals surface area contributed by atoms with Gasteiger partial charge in [-0.2, -0.15) is 0 Å². The van der Waals surface area contributed by atoms with Crippen LogP contribution in [0.3, 0.4) is 0 Å². The van der Waals surface area contributed by atoms with Crippen LogP contribution in [0, 0.1) is 0 Å². The summed E-state index contributed by atoms with van der Waals surface area (Å²) < 4.78 is 0. The van der Waals surface area contributed by atoms with Crippen molar-refractivity contribution in [3.05, 3.63) is 71.3 Å². The second-order valence-corrected chi connectivity index (χ2v) is 5.81. The van der Waals surface area contributed by atoms with E-state index in [2.05, 4.69) is 64.8 Å². The Morgan fingerprint density at radius 2 is 1.55 bits per heavy atom. The summed E-state index contributed by atoms with van der Waals surface area (Å²) in [6.45, 7) is 4.49. The van der Waals surface area contributed by atoms with E-state index in [-0.39, 0.29) is 24.8 Å². The second kappa shape index (κ2) is 7.47. The lowest BCUT2D eigenvalue weighted by atomic mass is 9.81. The fourth-order valence-corrected chi connectivity index (χ4v) is 3.71. The Balaban J connectivity index is 0.000000882. The Bertz CT molecular complexity index is 603. The molecule has 118 valence electrons. The van der Waals surface area contributed by atoms with Gasteiger partial charge >= 0.3 is 0 Å². The normalized spacial score (nSPS) is 23.5. The van der Waals surface area contributed by atoms with E-state index in [4.69, 9.17) is 0 Å². The maximum absolute atomic E-state index is 3.54. The largest absolute Gasteiger partial charge is 0.314 e. The molecule has 2 aromatic carbocycles. The third kappa shape index (κ3) is 3.02. The molecule has 2 aliphatic rings. The number of nitrogens with one attached hydrogen (secondary N) is 1. The minimum Gasteiger partial charge on any atom is -0.314 e. The standard InChI is InChI=1S/C18H20N2.2ClH/c1-2-6-14(7-3-1)17-13-20-11-10-19-12-18(20)16-9-5-4-8-15(16)17;;/h1-9,17-19H,10-13H2;2*1H. The number of benzene rings is 2. The molecule has 1 fully saturated rings. The molecule has 1 saturated heterocycles. The Kier molecular flexibility index (Phi) is 5.87. The van der Waals surface area contributed by atoms with Crippen LogP contribution in [-0.4, -0.2) is 31.1 Å². The lowest BCUT2D eigenvalue weighted by Gasteiger charge is -2.44. The van der Waals surface area contributed by atoms with E-state index in [1.165, 1.54) is 16.7 Å². The van der Waals surface area contributed by atoms with Gasteiger partial charge in [0.05, 0.1) is 0 Å². The summed E-state index contributed by atoms with van der Waals surface area (Å²) in [6.07, 6.45) is 0. The Morgan fingerprint density at radius 3 is 2.32 bits per heavy atom. The molecule has 0 amide bonds. The van der Waals surface area contributed by atoms with Gasteiger partial charge in [0.15, 0.2) is 0 Å². The lowest BCUT2D eigenvalue weighted by molar-refractivity contribution is 0.143. The summed E-state index contributed by atoms with van der Waals surface area (Å²) in [6, 6.07) is 20.5. The minimum absolute atomic E-state index is 0. The van der Waals surface area contributed by atoms with Crippen molar-refractivity contribution < 1.29 is 0 Å². The highest BCUT2D eigenvalue weighted by atomic mass is 35.5.